The number of carbonyl (C=O) groups is 3. The second kappa shape index (κ2) is 11.7. The summed E-state index contributed by atoms with van der Waals surface area (Å²) in [6.07, 6.45) is 1.47. The number of benzene rings is 4. The lowest BCUT2D eigenvalue weighted by molar-refractivity contribution is -0.112. The molecular weight excluding hydrogens is 506 g/mol. The zero-order valence-electron chi connectivity index (χ0n) is 22.5. The van der Waals surface area contributed by atoms with Crippen LogP contribution in [0.15, 0.2) is 97.1 Å². The van der Waals surface area contributed by atoms with Crippen molar-refractivity contribution < 1.29 is 24.2 Å². The predicted molar refractivity (Wildman–Crippen MR) is 157 cm³/mol. The van der Waals surface area contributed by atoms with E-state index in [4.69, 9.17) is 10.5 Å². The molecule has 204 valence electrons. The van der Waals surface area contributed by atoms with Gasteiger partial charge >= 0.3 is 6.09 Å². The molecule has 8 heteroatoms. The van der Waals surface area contributed by atoms with Gasteiger partial charge in [-0.15, -0.1) is 0 Å². The SMILES string of the molecule is CC(=O)c1ccc(NC(=O)O[C@@H](c2ccc(O)c3ccccc23)C(C)(C)/C=C/C(=O)Nc2ccccc2N)cc1. The van der Waals surface area contributed by atoms with Crippen LogP contribution in [0.1, 0.15) is 42.8 Å². The summed E-state index contributed by atoms with van der Waals surface area (Å²) >= 11 is 0. The molecule has 0 aliphatic heterocycles. The molecule has 0 radical (unpaired) electrons. The molecule has 0 aromatic heterocycles. The van der Waals surface area contributed by atoms with Gasteiger partial charge in [-0.2, -0.15) is 0 Å². The van der Waals surface area contributed by atoms with Crippen molar-refractivity contribution in [1.29, 1.82) is 0 Å². The summed E-state index contributed by atoms with van der Waals surface area (Å²) in [5, 5.41) is 17.2. The molecule has 8 nitrogen and oxygen atoms in total. The number of para-hydroxylation sites is 2. The molecule has 0 heterocycles. The summed E-state index contributed by atoms with van der Waals surface area (Å²) < 4.78 is 6.00. The molecule has 4 aromatic carbocycles. The van der Waals surface area contributed by atoms with Crippen LogP contribution in [0.4, 0.5) is 21.9 Å². The molecule has 0 aliphatic rings. The number of hydrogen-bond acceptors (Lipinski definition) is 6. The Kier molecular flexibility index (Phi) is 8.19. The van der Waals surface area contributed by atoms with Crippen LogP contribution in [0.25, 0.3) is 10.8 Å². The molecule has 4 rings (SSSR count). The van der Waals surface area contributed by atoms with E-state index >= 15 is 0 Å². The molecule has 0 saturated heterocycles. The van der Waals surface area contributed by atoms with Crippen LogP contribution >= 0.6 is 0 Å². The fourth-order valence-electron chi connectivity index (χ4n) is 4.36. The smallest absolute Gasteiger partial charge is 0.412 e. The Balaban J connectivity index is 1.64. The first-order valence-corrected chi connectivity index (χ1v) is 12.7. The minimum atomic E-state index is -0.880. The number of nitrogens with two attached hydrogens (primary N) is 1. The summed E-state index contributed by atoms with van der Waals surface area (Å²) in [6, 6.07) is 23.9. The highest BCUT2D eigenvalue weighted by atomic mass is 16.6. The van der Waals surface area contributed by atoms with Crippen LogP contribution in [0, 0.1) is 5.41 Å². The molecular formula is C32H31N3O5. The van der Waals surface area contributed by atoms with Crippen molar-refractivity contribution in [2.45, 2.75) is 26.9 Å². The Bertz CT molecular complexity index is 1590. The minimum Gasteiger partial charge on any atom is -0.507 e. The molecule has 5 N–H and O–H groups in total. The van der Waals surface area contributed by atoms with Gasteiger partial charge in [0.05, 0.1) is 11.4 Å². The zero-order chi connectivity index (χ0) is 28.9. The number of ketones is 1. The highest BCUT2D eigenvalue weighted by Crippen LogP contribution is 2.42. The number of nitrogen functional groups attached to an aromatic ring is 1. The minimum absolute atomic E-state index is 0.0825. The zero-order valence-corrected chi connectivity index (χ0v) is 22.5. The van der Waals surface area contributed by atoms with Gasteiger partial charge in [-0.25, -0.2) is 4.79 Å². The van der Waals surface area contributed by atoms with Crippen LogP contribution in [0.5, 0.6) is 5.75 Å². The maximum Gasteiger partial charge on any atom is 0.412 e. The number of carbonyl (C=O) groups excluding carboxylic acids is 3. The normalized spacial score (nSPS) is 12.2. The largest absolute Gasteiger partial charge is 0.507 e. The first-order chi connectivity index (χ1) is 19.0. The lowest BCUT2D eigenvalue weighted by Gasteiger charge is -2.32. The van der Waals surface area contributed by atoms with Crippen LogP contribution in [-0.2, 0) is 9.53 Å². The second-order valence-corrected chi connectivity index (χ2v) is 9.99. The van der Waals surface area contributed by atoms with Crippen LogP contribution < -0.4 is 16.4 Å². The number of fused-ring (bicyclic) bond motifs is 1. The number of anilines is 3. The fourth-order valence-corrected chi connectivity index (χ4v) is 4.36. The monoisotopic (exact) mass is 537 g/mol. The Morgan fingerprint density at radius 2 is 1.52 bits per heavy atom. The van der Waals surface area contributed by atoms with E-state index in [1.807, 2.05) is 32.0 Å². The molecule has 0 saturated carbocycles. The predicted octanol–water partition coefficient (Wildman–Crippen LogP) is 6.84. The quantitative estimate of drug-likeness (QED) is 0.111. The van der Waals surface area contributed by atoms with Gasteiger partial charge in [0.15, 0.2) is 5.78 Å². The maximum absolute atomic E-state index is 13.1. The van der Waals surface area contributed by atoms with Gasteiger partial charge in [-0.05, 0) is 60.9 Å². The first-order valence-electron chi connectivity index (χ1n) is 12.7. The van der Waals surface area contributed by atoms with Crippen molar-refractivity contribution in [3.8, 4) is 5.75 Å². The summed E-state index contributed by atoms with van der Waals surface area (Å²) in [7, 11) is 0. The van der Waals surface area contributed by atoms with E-state index in [9.17, 15) is 19.5 Å². The van der Waals surface area contributed by atoms with Crippen LogP contribution in [0.2, 0.25) is 0 Å². The Morgan fingerprint density at radius 3 is 2.20 bits per heavy atom. The summed E-state index contributed by atoms with van der Waals surface area (Å²) in [5.41, 5.74) is 7.62. The summed E-state index contributed by atoms with van der Waals surface area (Å²) in [6.45, 7) is 5.15. The number of rotatable bonds is 8. The number of aromatic hydroxyl groups is 1. The molecule has 2 amide bonds. The van der Waals surface area contributed by atoms with E-state index in [0.29, 0.717) is 39.0 Å². The molecule has 0 bridgehead atoms. The van der Waals surface area contributed by atoms with Crippen molar-refractivity contribution >= 4 is 45.6 Å². The van der Waals surface area contributed by atoms with E-state index in [1.54, 1.807) is 72.8 Å². The Hall–Kier alpha value is -5.11. The third-order valence-corrected chi connectivity index (χ3v) is 6.54. The highest BCUT2D eigenvalue weighted by Gasteiger charge is 2.34. The second-order valence-electron chi connectivity index (χ2n) is 9.99. The van der Waals surface area contributed by atoms with E-state index in [1.165, 1.54) is 13.0 Å². The van der Waals surface area contributed by atoms with Gasteiger partial charge in [-0.3, -0.25) is 14.9 Å². The molecule has 40 heavy (non-hydrogen) atoms. The fraction of sp³-hybridized carbons (Fsp3) is 0.156. The van der Waals surface area contributed by atoms with Gasteiger partial charge in [0, 0.05) is 27.6 Å². The third-order valence-electron chi connectivity index (χ3n) is 6.54. The van der Waals surface area contributed by atoms with Gasteiger partial charge in [0.2, 0.25) is 5.91 Å². The van der Waals surface area contributed by atoms with E-state index in [-0.39, 0.29) is 11.5 Å². The molecule has 0 fully saturated rings. The first kappa shape index (κ1) is 27.9. The Labute approximate surface area is 232 Å². The van der Waals surface area contributed by atoms with Gasteiger partial charge in [0.25, 0.3) is 0 Å². The number of hydrogen-bond donors (Lipinski definition) is 4. The lowest BCUT2D eigenvalue weighted by Crippen LogP contribution is -2.28. The number of ether oxygens (including phenoxy) is 1. The number of amides is 2. The van der Waals surface area contributed by atoms with Crippen molar-refractivity contribution in [2.24, 2.45) is 5.41 Å². The number of Topliss-reactive ketones (excluding diaryl/α,β-unsaturated/α-hetero) is 1. The molecule has 4 aromatic rings. The van der Waals surface area contributed by atoms with E-state index in [0.717, 1.165) is 0 Å². The van der Waals surface area contributed by atoms with Gasteiger partial charge < -0.3 is 20.9 Å². The third kappa shape index (κ3) is 6.47. The number of phenols is 1. The maximum atomic E-state index is 13.1. The summed E-state index contributed by atoms with van der Waals surface area (Å²) in [4.78, 5) is 37.4. The van der Waals surface area contributed by atoms with Crippen LogP contribution in [-0.4, -0.2) is 22.9 Å². The topological polar surface area (TPSA) is 131 Å². The van der Waals surface area contributed by atoms with Gasteiger partial charge in [-0.1, -0.05) is 62.4 Å². The number of nitrogens with one attached hydrogen (secondary N) is 2. The van der Waals surface area contributed by atoms with Gasteiger partial charge in [0.1, 0.15) is 11.9 Å². The Morgan fingerprint density at radius 1 is 0.875 bits per heavy atom. The lowest BCUT2D eigenvalue weighted by atomic mass is 9.80. The van der Waals surface area contributed by atoms with E-state index < -0.39 is 23.5 Å². The standard InChI is InChI=1S/C32H31N3O5/c1-20(36)21-12-14-22(15-13-21)34-31(39)40-30(25-16-17-28(37)24-9-5-4-8-23(24)25)32(2,3)19-18-29(38)35-27-11-7-6-10-26(27)33/h4-19,30,37H,33H2,1-3H3,(H,34,39)(H,35,38)/b19-18+/t30-/m0/s1. The van der Waals surface area contributed by atoms with E-state index in [2.05, 4.69) is 10.6 Å². The molecule has 0 spiro atoms. The highest BCUT2D eigenvalue weighted by molar-refractivity contribution is 6.01. The average molecular weight is 538 g/mol. The van der Waals surface area contributed by atoms with Crippen molar-refractivity contribution in [3.05, 3.63) is 108 Å². The van der Waals surface area contributed by atoms with Crippen LogP contribution in [0.3, 0.4) is 0 Å². The molecule has 1 atom stereocenters. The van der Waals surface area contributed by atoms with Crippen molar-refractivity contribution in [2.75, 3.05) is 16.4 Å². The summed E-state index contributed by atoms with van der Waals surface area (Å²) in [5.74, 6) is -0.377. The van der Waals surface area contributed by atoms with Crippen molar-refractivity contribution in [3.63, 3.8) is 0 Å². The molecule has 0 unspecified atom stereocenters. The average Bonchev–Trinajstić information content (AvgIpc) is 2.93. The van der Waals surface area contributed by atoms with Crippen molar-refractivity contribution in [1.82, 2.24) is 0 Å². The number of phenolic OH excluding ortho intramolecular Hbond substituents is 1. The molecule has 0 aliphatic carbocycles.